The van der Waals surface area contributed by atoms with Crippen LogP contribution in [0, 0.1) is 0 Å². The molecule has 0 aromatic heterocycles. The van der Waals surface area contributed by atoms with Crippen LogP contribution in [0.3, 0.4) is 0 Å². The molecule has 5 heteroatoms. The van der Waals surface area contributed by atoms with Crippen molar-refractivity contribution in [2.75, 3.05) is 25.9 Å². The lowest BCUT2D eigenvalue weighted by Crippen LogP contribution is -2.44. The van der Waals surface area contributed by atoms with E-state index in [1.54, 1.807) is 0 Å². The van der Waals surface area contributed by atoms with Crippen LogP contribution in [0.1, 0.15) is 47.5 Å². The van der Waals surface area contributed by atoms with Gasteiger partial charge in [-0.05, 0) is 39.9 Å². The molecule has 114 valence electrons. The third kappa shape index (κ3) is 7.67. The number of aliphatic imine (C=N–C) groups is 1. The molecule has 0 fully saturated rings. The van der Waals surface area contributed by atoms with Gasteiger partial charge in [-0.15, -0.1) is 0 Å². The van der Waals surface area contributed by atoms with Crippen molar-refractivity contribution < 1.29 is 5.11 Å². The number of thioether (sulfide) groups is 1. The Hall–Kier alpha value is -0.420. The third-order valence-corrected chi connectivity index (χ3v) is 4.68. The summed E-state index contributed by atoms with van der Waals surface area (Å²) < 4.78 is 0.169. The minimum absolute atomic E-state index is 0.169. The van der Waals surface area contributed by atoms with Crippen LogP contribution in [0.25, 0.3) is 0 Å². The molecule has 0 aliphatic carbocycles. The summed E-state index contributed by atoms with van der Waals surface area (Å²) in [5.41, 5.74) is -0.683. The van der Waals surface area contributed by atoms with E-state index in [4.69, 9.17) is 0 Å². The van der Waals surface area contributed by atoms with Crippen LogP contribution < -0.4 is 10.6 Å². The highest BCUT2D eigenvalue weighted by molar-refractivity contribution is 7.99. The van der Waals surface area contributed by atoms with Crippen LogP contribution in [0.15, 0.2) is 4.99 Å². The molecule has 3 N–H and O–H groups in total. The van der Waals surface area contributed by atoms with Gasteiger partial charge in [0.25, 0.3) is 0 Å². The molecule has 0 aromatic carbocycles. The van der Waals surface area contributed by atoms with Crippen LogP contribution >= 0.6 is 11.8 Å². The van der Waals surface area contributed by atoms with Gasteiger partial charge in [0, 0.05) is 17.8 Å². The lowest BCUT2D eigenvalue weighted by molar-refractivity contribution is 0.0418. The SMILES string of the molecule is CCNC(=NCC(O)(CC)CC)NCC(C)(C)SC. The van der Waals surface area contributed by atoms with Crippen molar-refractivity contribution in [2.45, 2.75) is 57.8 Å². The van der Waals surface area contributed by atoms with Crippen LogP contribution in [-0.4, -0.2) is 47.3 Å². The van der Waals surface area contributed by atoms with Crippen molar-refractivity contribution in [1.82, 2.24) is 10.6 Å². The Labute approximate surface area is 122 Å². The predicted molar refractivity (Wildman–Crippen MR) is 87.1 cm³/mol. The van der Waals surface area contributed by atoms with Crippen LogP contribution in [0.4, 0.5) is 0 Å². The zero-order valence-corrected chi connectivity index (χ0v) is 14.2. The fourth-order valence-electron chi connectivity index (χ4n) is 1.41. The molecule has 0 atom stereocenters. The van der Waals surface area contributed by atoms with E-state index in [0.29, 0.717) is 6.54 Å². The Morgan fingerprint density at radius 1 is 1.16 bits per heavy atom. The maximum atomic E-state index is 10.3. The summed E-state index contributed by atoms with van der Waals surface area (Å²) in [6, 6.07) is 0. The van der Waals surface area contributed by atoms with E-state index < -0.39 is 5.60 Å². The molecule has 0 radical (unpaired) electrons. The monoisotopic (exact) mass is 289 g/mol. The number of nitrogens with zero attached hydrogens (tertiary/aromatic N) is 1. The summed E-state index contributed by atoms with van der Waals surface area (Å²) in [5, 5.41) is 16.8. The van der Waals surface area contributed by atoms with Gasteiger partial charge in [0.1, 0.15) is 0 Å². The van der Waals surface area contributed by atoms with Crippen molar-refractivity contribution in [3.8, 4) is 0 Å². The summed E-state index contributed by atoms with van der Waals surface area (Å²) in [7, 11) is 0. The summed E-state index contributed by atoms with van der Waals surface area (Å²) in [6.45, 7) is 12.5. The van der Waals surface area contributed by atoms with E-state index in [9.17, 15) is 5.11 Å². The molecule has 0 aliphatic heterocycles. The fraction of sp³-hybridized carbons (Fsp3) is 0.929. The molecule has 0 spiro atoms. The molecule has 0 amide bonds. The fourth-order valence-corrected chi connectivity index (χ4v) is 1.63. The zero-order valence-electron chi connectivity index (χ0n) is 13.3. The van der Waals surface area contributed by atoms with Crippen molar-refractivity contribution >= 4 is 17.7 Å². The number of nitrogens with one attached hydrogen (secondary N) is 2. The molecule has 0 saturated heterocycles. The number of rotatable bonds is 8. The summed E-state index contributed by atoms with van der Waals surface area (Å²) in [6.07, 6.45) is 3.56. The van der Waals surface area contributed by atoms with Crippen LogP contribution in [0.5, 0.6) is 0 Å². The Bertz CT molecular complexity index is 276. The van der Waals surface area contributed by atoms with Gasteiger partial charge in [0.2, 0.25) is 0 Å². The zero-order chi connectivity index (χ0) is 14.9. The minimum atomic E-state index is -0.683. The quantitative estimate of drug-likeness (QED) is 0.474. The summed E-state index contributed by atoms with van der Waals surface area (Å²) >= 11 is 1.83. The molecule has 0 bridgehead atoms. The Morgan fingerprint density at radius 2 is 1.74 bits per heavy atom. The second-order valence-corrected chi connectivity index (χ2v) is 6.96. The molecular formula is C14H31N3OS. The minimum Gasteiger partial charge on any atom is -0.388 e. The maximum Gasteiger partial charge on any atom is 0.191 e. The number of guanidine groups is 1. The normalized spacial score (nSPS) is 13.5. The first-order valence-corrected chi connectivity index (χ1v) is 8.34. The van der Waals surface area contributed by atoms with Crippen molar-refractivity contribution in [2.24, 2.45) is 4.99 Å². The molecule has 19 heavy (non-hydrogen) atoms. The largest absolute Gasteiger partial charge is 0.388 e. The first-order chi connectivity index (χ1) is 8.82. The molecule has 4 nitrogen and oxygen atoms in total. The van der Waals surface area contributed by atoms with E-state index in [2.05, 4.69) is 35.7 Å². The lowest BCUT2D eigenvalue weighted by atomic mass is 9.98. The van der Waals surface area contributed by atoms with Gasteiger partial charge in [0.05, 0.1) is 12.1 Å². The molecule has 0 aliphatic rings. The second kappa shape index (κ2) is 8.69. The highest BCUT2D eigenvalue weighted by Gasteiger charge is 2.22. The summed E-state index contributed by atoms with van der Waals surface area (Å²) in [5.74, 6) is 0.782. The van der Waals surface area contributed by atoms with Crippen LogP contribution in [0.2, 0.25) is 0 Å². The van der Waals surface area contributed by atoms with E-state index in [1.165, 1.54) is 0 Å². The van der Waals surface area contributed by atoms with Crippen molar-refractivity contribution in [3.05, 3.63) is 0 Å². The average molecular weight is 289 g/mol. The van der Waals surface area contributed by atoms with Gasteiger partial charge in [-0.25, -0.2) is 0 Å². The standard InChI is InChI=1S/C14H31N3OS/c1-7-14(18,8-2)11-17-12(15-9-3)16-10-13(4,5)19-6/h18H,7-11H2,1-6H3,(H2,15,16,17). The molecule has 0 rings (SSSR count). The van der Waals surface area contributed by atoms with Gasteiger partial charge in [-0.3, -0.25) is 4.99 Å². The van der Waals surface area contributed by atoms with Gasteiger partial charge in [-0.2, -0.15) is 11.8 Å². The molecular weight excluding hydrogens is 258 g/mol. The molecule has 0 heterocycles. The topological polar surface area (TPSA) is 56.7 Å². The second-order valence-electron chi connectivity index (χ2n) is 5.44. The highest BCUT2D eigenvalue weighted by Crippen LogP contribution is 2.19. The van der Waals surface area contributed by atoms with Crippen LogP contribution in [-0.2, 0) is 0 Å². The predicted octanol–water partition coefficient (Wildman–Crippen LogP) is 2.23. The van der Waals surface area contributed by atoms with E-state index >= 15 is 0 Å². The van der Waals surface area contributed by atoms with Gasteiger partial charge in [-0.1, -0.05) is 13.8 Å². The van der Waals surface area contributed by atoms with Crippen molar-refractivity contribution in [1.29, 1.82) is 0 Å². The smallest absolute Gasteiger partial charge is 0.191 e. The van der Waals surface area contributed by atoms with Gasteiger partial charge < -0.3 is 15.7 Å². The first kappa shape index (κ1) is 18.6. The third-order valence-electron chi connectivity index (χ3n) is 3.43. The summed E-state index contributed by atoms with van der Waals surface area (Å²) in [4.78, 5) is 4.50. The molecule has 0 saturated carbocycles. The molecule has 0 aromatic rings. The van der Waals surface area contributed by atoms with E-state index in [1.807, 2.05) is 32.5 Å². The highest BCUT2D eigenvalue weighted by atomic mass is 32.2. The average Bonchev–Trinajstić information content (AvgIpc) is 2.41. The first-order valence-electron chi connectivity index (χ1n) is 7.12. The Kier molecular flexibility index (Phi) is 8.50. The Morgan fingerprint density at radius 3 is 2.16 bits per heavy atom. The molecule has 0 unspecified atom stereocenters. The van der Waals surface area contributed by atoms with E-state index in [0.717, 1.165) is 31.9 Å². The lowest BCUT2D eigenvalue weighted by Gasteiger charge is -2.26. The van der Waals surface area contributed by atoms with Crippen molar-refractivity contribution in [3.63, 3.8) is 0 Å². The number of hydrogen-bond acceptors (Lipinski definition) is 3. The number of hydrogen-bond donors (Lipinski definition) is 3. The van der Waals surface area contributed by atoms with Gasteiger partial charge >= 0.3 is 0 Å². The number of aliphatic hydroxyl groups is 1. The Balaban J connectivity index is 4.55. The van der Waals surface area contributed by atoms with Gasteiger partial charge in [0.15, 0.2) is 5.96 Å². The van der Waals surface area contributed by atoms with E-state index in [-0.39, 0.29) is 4.75 Å². The maximum absolute atomic E-state index is 10.3.